The lowest BCUT2D eigenvalue weighted by molar-refractivity contribution is 0.438. The molecule has 2 rings (SSSR count). The van der Waals surface area contributed by atoms with Crippen molar-refractivity contribution in [3.8, 4) is 0 Å². The number of nitrogens with zero attached hydrogens (tertiary/aromatic N) is 1. The topological polar surface area (TPSA) is 3.24 Å². The summed E-state index contributed by atoms with van der Waals surface area (Å²) >= 11 is 0. The molecule has 0 atom stereocenters. The molecule has 0 unspecified atom stereocenters. The van der Waals surface area contributed by atoms with Gasteiger partial charge in [0, 0.05) is 18.8 Å². The molecule has 1 aromatic rings. The van der Waals surface area contributed by atoms with Gasteiger partial charge in [0.1, 0.15) is 0 Å². The Bertz CT molecular complexity index is 318. The number of piperidine rings is 1. The Kier molecular flexibility index (Phi) is 3.52. The van der Waals surface area contributed by atoms with Crippen molar-refractivity contribution in [1.29, 1.82) is 0 Å². The standard InChI is InChI=1S/C15H23N/c1-12(2)14-4-6-15(7-5-14)16-10-8-13(3)9-11-16/h4-7,12-13H,8-11H2,1-3H3. The first-order valence-electron chi connectivity index (χ1n) is 6.51. The molecule has 0 saturated carbocycles. The molecule has 0 spiro atoms. The van der Waals surface area contributed by atoms with Crippen LogP contribution in [0.1, 0.15) is 45.1 Å². The van der Waals surface area contributed by atoms with Gasteiger partial charge in [-0.2, -0.15) is 0 Å². The first-order valence-corrected chi connectivity index (χ1v) is 6.51. The predicted molar refractivity (Wildman–Crippen MR) is 71.1 cm³/mol. The minimum atomic E-state index is 0.635. The van der Waals surface area contributed by atoms with Crippen LogP contribution in [0.15, 0.2) is 24.3 Å². The normalized spacial score (nSPS) is 18.1. The first kappa shape index (κ1) is 11.5. The monoisotopic (exact) mass is 217 g/mol. The Labute approximate surface area is 99.5 Å². The van der Waals surface area contributed by atoms with Crippen LogP contribution in [-0.2, 0) is 0 Å². The van der Waals surface area contributed by atoms with Gasteiger partial charge in [-0.3, -0.25) is 0 Å². The van der Waals surface area contributed by atoms with Crippen LogP contribution in [-0.4, -0.2) is 13.1 Å². The van der Waals surface area contributed by atoms with Crippen molar-refractivity contribution >= 4 is 5.69 Å². The van der Waals surface area contributed by atoms with Gasteiger partial charge in [0.15, 0.2) is 0 Å². The fraction of sp³-hybridized carbons (Fsp3) is 0.600. The van der Waals surface area contributed by atoms with Gasteiger partial charge >= 0.3 is 0 Å². The number of rotatable bonds is 2. The van der Waals surface area contributed by atoms with E-state index in [1.807, 2.05) is 0 Å². The van der Waals surface area contributed by atoms with E-state index in [9.17, 15) is 0 Å². The Morgan fingerprint density at radius 3 is 2.12 bits per heavy atom. The van der Waals surface area contributed by atoms with E-state index < -0.39 is 0 Å². The first-order chi connectivity index (χ1) is 7.66. The lowest BCUT2D eigenvalue weighted by Gasteiger charge is -2.32. The third kappa shape index (κ3) is 2.58. The highest BCUT2D eigenvalue weighted by Crippen LogP contribution is 2.24. The van der Waals surface area contributed by atoms with E-state index in [0.717, 1.165) is 5.92 Å². The number of benzene rings is 1. The molecule has 1 fully saturated rings. The zero-order chi connectivity index (χ0) is 11.5. The molecule has 1 saturated heterocycles. The quantitative estimate of drug-likeness (QED) is 0.722. The van der Waals surface area contributed by atoms with Gasteiger partial charge in [0.25, 0.3) is 0 Å². The zero-order valence-electron chi connectivity index (χ0n) is 10.7. The van der Waals surface area contributed by atoms with Crippen molar-refractivity contribution in [3.63, 3.8) is 0 Å². The van der Waals surface area contributed by atoms with E-state index in [-0.39, 0.29) is 0 Å². The number of anilines is 1. The summed E-state index contributed by atoms with van der Waals surface area (Å²) in [4.78, 5) is 2.52. The summed E-state index contributed by atoms with van der Waals surface area (Å²) in [5.74, 6) is 1.54. The van der Waals surface area contributed by atoms with Crippen molar-refractivity contribution in [3.05, 3.63) is 29.8 Å². The Hall–Kier alpha value is -0.980. The molecule has 88 valence electrons. The Balaban J connectivity index is 2.04. The van der Waals surface area contributed by atoms with Crippen molar-refractivity contribution in [2.45, 2.75) is 39.5 Å². The molecule has 1 heteroatoms. The predicted octanol–water partition coefficient (Wildman–Crippen LogP) is 4.05. The second kappa shape index (κ2) is 4.90. The minimum Gasteiger partial charge on any atom is -0.372 e. The smallest absolute Gasteiger partial charge is 0.0366 e. The van der Waals surface area contributed by atoms with E-state index in [4.69, 9.17) is 0 Å². The fourth-order valence-corrected chi connectivity index (χ4v) is 2.34. The maximum atomic E-state index is 2.52. The second-order valence-electron chi connectivity index (χ2n) is 5.42. The third-order valence-corrected chi connectivity index (χ3v) is 3.71. The fourth-order valence-electron chi connectivity index (χ4n) is 2.34. The minimum absolute atomic E-state index is 0.635. The molecule has 1 nitrogen and oxygen atoms in total. The Morgan fingerprint density at radius 2 is 1.62 bits per heavy atom. The van der Waals surface area contributed by atoms with Crippen LogP contribution < -0.4 is 4.90 Å². The molecular weight excluding hydrogens is 194 g/mol. The second-order valence-corrected chi connectivity index (χ2v) is 5.42. The molecule has 0 bridgehead atoms. The summed E-state index contributed by atoms with van der Waals surface area (Å²) in [5.41, 5.74) is 2.84. The van der Waals surface area contributed by atoms with Crippen LogP contribution in [0.25, 0.3) is 0 Å². The number of hydrogen-bond acceptors (Lipinski definition) is 1. The summed E-state index contributed by atoms with van der Waals surface area (Å²) in [5, 5.41) is 0. The summed E-state index contributed by atoms with van der Waals surface area (Å²) in [6, 6.07) is 9.12. The maximum Gasteiger partial charge on any atom is 0.0366 e. The third-order valence-electron chi connectivity index (χ3n) is 3.71. The molecule has 0 N–H and O–H groups in total. The van der Waals surface area contributed by atoms with Crippen LogP contribution in [0.2, 0.25) is 0 Å². The molecule has 1 heterocycles. The highest BCUT2D eigenvalue weighted by molar-refractivity contribution is 5.48. The van der Waals surface area contributed by atoms with Crippen LogP contribution in [0.3, 0.4) is 0 Å². The van der Waals surface area contributed by atoms with Gasteiger partial charge in [-0.25, -0.2) is 0 Å². The average Bonchev–Trinajstić information content (AvgIpc) is 2.30. The van der Waals surface area contributed by atoms with Crippen LogP contribution in [0.4, 0.5) is 5.69 Å². The van der Waals surface area contributed by atoms with Gasteiger partial charge < -0.3 is 4.90 Å². The van der Waals surface area contributed by atoms with Gasteiger partial charge in [-0.05, 0) is 42.4 Å². The molecule has 1 aliphatic heterocycles. The summed E-state index contributed by atoms with van der Waals surface area (Å²) in [6.07, 6.45) is 2.68. The summed E-state index contributed by atoms with van der Waals surface area (Å²) < 4.78 is 0. The molecule has 0 amide bonds. The maximum absolute atomic E-state index is 2.52. The SMILES string of the molecule is CC1CCN(c2ccc(C(C)C)cc2)CC1. The highest BCUT2D eigenvalue weighted by Gasteiger charge is 2.15. The van der Waals surface area contributed by atoms with Crippen molar-refractivity contribution in [2.75, 3.05) is 18.0 Å². The molecule has 0 aromatic heterocycles. The van der Waals surface area contributed by atoms with E-state index in [0.29, 0.717) is 5.92 Å². The summed E-state index contributed by atoms with van der Waals surface area (Å²) in [7, 11) is 0. The van der Waals surface area contributed by atoms with E-state index in [2.05, 4.69) is 49.9 Å². The molecule has 0 radical (unpaired) electrons. The Morgan fingerprint density at radius 1 is 1.06 bits per heavy atom. The highest BCUT2D eigenvalue weighted by atomic mass is 15.1. The lowest BCUT2D eigenvalue weighted by atomic mass is 9.98. The van der Waals surface area contributed by atoms with Gasteiger partial charge in [0.05, 0.1) is 0 Å². The van der Waals surface area contributed by atoms with Crippen LogP contribution >= 0.6 is 0 Å². The zero-order valence-corrected chi connectivity index (χ0v) is 10.7. The van der Waals surface area contributed by atoms with E-state index in [1.165, 1.54) is 37.2 Å². The van der Waals surface area contributed by atoms with Crippen molar-refractivity contribution < 1.29 is 0 Å². The average molecular weight is 217 g/mol. The van der Waals surface area contributed by atoms with E-state index in [1.54, 1.807) is 0 Å². The van der Waals surface area contributed by atoms with Crippen molar-refractivity contribution in [2.24, 2.45) is 5.92 Å². The lowest BCUT2D eigenvalue weighted by Crippen LogP contribution is -2.32. The largest absolute Gasteiger partial charge is 0.372 e. The van der Waals surface area contributed by atoms with E-state index >= 15 is 0 Å². The van der Waals surface area contributed by atoms with Gasteiger partial charge in [-0.1, -0.05) is 32.9 Å². The van der Waals surface area contributed by atoms with Gasteiger partial charge in [-0.15, -0.1) is 0 Å². The molecular formula is C15H23N. The number of hydrogen-bond donors (Lipinski definition) is 0. The molecule has 1 aliphatic rings. The molecule has 1 aromatic carbocycles. The van der Waals surface area contributed by atoms with Crippen LogP contribution in [0.5, 0.6) is 0 Å². The molecule has 16 heavy (non-hydrogen) atoms. The van der Waals surface area contributed by atoms with Crippen LogP contribution in [0, 0.1) is 5.92 Å². The molecule has 0 aliphatic carbocycles. The van der Waals surface area contributed by atoms with Gasteiger partial charge in [0.2, 0.25) is 0 Å². The van der Waals surface area contributed by atoms with Crippen molar-refractivity contribution in [1.82, 2.24) is 0 Å². The summed E-state index contributed by atoms with van der Waals surface area (Å²) in [6.45, 7) is 9.30.